The molecule has 1 aromatic rings. The van der Waals surface area contributed by atoms with E-state index in [4.69, 9.17) is 5.73 Å². The highest BCUT2D eigenvalue weighted by Crippen LogP contribution is 2.15. The summed E-state index contributed by atoms with van der Waals surface area (Å²) in [6.07, 6.45) is 2.36. The van der Waals surface area contributed by atoms with Crippen molar-refractivity contribution in [3.8, 4) is 0 Å². The minimum atomic E-state index is -2.90. The number of hydrogen-bond acceptors (Lipinski definition) is 3. The Bertz CT molecular complexity index is 238. The van der Waals surface area contributed by atoms with Gasteiger partial charge in [-0.2, -0.15) is 0 Å². The molecule has 1 heterocycles. The average molecular weight is 173 g/mol. The lowest BCUT2D eigenvalue weighted by molar-refractivity contribution is 0.00951. The van der Waals surface area contributed by atoms with Crippen LogP contribution in [0.5, 0.6) is 0 Å². The van der Waals surface area contributed by atoms with Crippen LogP contribution in [-0.2, 0) is 6.42 Å². The molecule has 0 atom stereocenters. The monoisotopic (exact) mass is 173 g/mol. The molecule has 0 aliphatic rings. The highest BCUT2D eigenvalue weighted by molar-refractivity contribution is 4.92. The molecule has 0 radical (unpaired) electrons. The van der Waals surface area contributed by atoms with E-state index in [0.29, 0.717) is 0 Å². The Kier molecular flexibility index (Phi) is 2.65. The predicted octanol–water partition coefficient (Wildman–Crippen LogP) is 0.613. The number of alkyl halides is 2. The fraction of sp³-hybridized carbons (Fsp3) is 0.429. The molecule has 5 heteroatoms. The molecule has 0 unspecified atom stereocenters. The van der Waals surface area contributed by atoms with Crippen molar-refractivity contribution >= 4 is 0 Å². The summed E-state index contributed by atoms with van der Waals surface area (Å²) in [5, 5.41) is 0. The van der Waals surface area contributed by atoms with E-state index in [1.54, 1.807) is 6.07 Å². The van der Waals surface area contributed by atoms with Crippen molar-refractivity contribution in [2.75, 3.05) is 6.54 Å². The van der Waals surface area contributed by atoms with Crippen molar-refractivity contribution in [3.63, 3.8) is 0 Å². The van der Waals surface area contributed by atoms with Crippen molar-refractivity contribution in [1.82, 2.24) is 9.97 Å². The van der Waals surface area contributed by atoms with Gasteiger partial charge in [-0.25, -0.2) is 18.7 Å². The number of hydrogen-bond donors (Lipinski definition) is 1. The molecular weight excluding hydrogens is 164 g/mol. The van der Waals surface area contributed by atoms with E-state index in [9.17, 15) is 8.78 Å². The van der Waals surface area contributed by atoms with Crippen molar-refractivity contribution in [2.45, 2.75) is 12.3 Å². The second-order valence-electron chi connectivity index (χ2n) is 2.40. The molecule has 2 N–H and O–H groups in total. The van der Waals surface area contributed by atoms with E-state index in [2.05, 4.69) is 9.97 Å². The molecule has 0 aromatic carbocycles. The molecule has 0 aliphatic heterocycles. The lowest BCUT2D eigenvalue weighted by Crippen LogP contribution is -2.30. The van der Waals surface area contributed by atoms with Gasteiger partial charge in [-0.3, -0.25) is 0 Å². The molecule has 1 aromatic heterocycles. The number of nitrogens with two attached hydrogens (primary N) is 1. The van der Waals surface area contributed by atoms with Crippen molar-refractivity contribution in [1.29, 1.82) is 0 Å². The molecule has 0 bridgehead atoms. The summed E-state index contributed by atoms with van der Waals surface area (Å²) in [5.41, 5.74) is 4.85. The quantitative estimate of drug-likeness (QED) is 0.728. The Balaban J connectivity index is 2.64. The standard InChI is InChI=1S/C7H9F2N3/c8-7(9,5-10)4-6-11-2-1-3-12-6/h1-3H,4-5,10H2. The first-order chi connectivity index (χ1) is 5.64. The minimum Gasteiger partial charge on any atom is -0.325 e. The van der Waals surface area contributed by atoms with Crippen LogP contribution in [0.1, 0.15) is 5.82 Å². The molecule has 0 amide bonds. The van der Waals surface area contributed by atoms with Crippen LogP contribution in [0.25, 0.3) is 0 Å². The van der Waals surface area contributed by atoms with Crippen LogP contribution >= 0.6 is 0 Å². The van der Waals surface area contributed by atoms with Gasteiger partial charge < -0.3 is 5.73 Å². The number of rotatable bonds is 3. The molecule has 0 aliphatic carbocycles. The second-order valence-corrected chi connectivity index (χ2v) is 2.40. The second kappa shape index (κ2) is 3.53. The number of nitrogens with zero attached hydrogens (tertiary/aromatic N) is 2. The van der Waals surface area contributed by atoms with Gasteiger partial charge in [0.2, 0.25) is 0 Å². The fourth-order valence-electron chi connectivity index (χ4n) is 0.725. The summed E-state index contributed by atoms with van der Waals surface area (Å²) in [6, 6.07) is 1.57. The molecule has 1 rings (SSSR count). The summed E-state index contributed by atoms with van der Waals surface area (Å²) in [7, 11) is 0. The van der Waals surface area contributed by atoms with E-state index in [-0.39, 0.29) is 5.82 Å². The Morgan fingerprint density at radius 2 is 1.92 bits per heavy atom. The molecule has 12 heavy (non-hydrogen) atoms. The van der Waals surface area contributed by atoms with E-state index < -0.39 is 18.9 Å². The summed E-state index contributed by atoms with van der Waals surface area (Å²) >= 11 is 0. The first-order valence-corrected chi connectivity index (χ1v) is 3.48. The molecule has 0 spiro atoms. The highest BCUT2D eigenvalue weighted by Gasteiger charge is 2.28. The Labute approximate surface area is 68.6 Å². The van der Waals surface area contributed by atoms with Crippen LogP contribution in [0.2, 0.25) is 0 Å². The lowest BCUT2D eigenvalue weighted by Gasteiger charge is -2.11. The van der Waals surface area contributed by atoms with Crippen LogP contribution < -0.4 is 5.73 Å². The molecule has 3 nitrogen and oxygen atoms in total. The Morgan fingerprint density at radius 3 is 2.42 bits per heavy atom. The summed E-state index contributed by atoms with van der Waals surface area (Å²) in [6.45, 7) is -0.675. The third kappa shape index (κ3) is 2.50. The van der Waals surface area contributed by atoms with Crippen LogP contribution in [0.15, 0.2) is 18.5 Å². The van der Waals surface area contributed by atoms with Gasteiger partial charge in [0.1, 0.15) is 5.82 Å². The van der Waals surface area contributed by atoms with Gasteiger partial charge in [0, 0.05) is 12.4 Å². The fourth-order valence-corrected chi connectivity index (χ4v) is 0.725. The summed E-state index contributed by atoms with van der Waals surface area (Å²) in [4.78, 5) is 7.33. The Hall–Kier alpha value is -1.10. The van der Waals surface area contributed by atoms with E-state index >= 15 is 0 Å². The zero-order chi connectivity index (χ0) is 9.03. The normalized spacial score (nSPS) is 11.6. The van der Waals surface area contributed by atoms with Crippen molar-refractivity contribution < 1.29 is 8.78 Å². The largest absolute Gasteiger partial charge is 0.325 e. The van der Waals surface area contributed by atoms with Gasteiger partial charge in [0.05, 0.1) is 13.0 Å². The highest BCUT2D eigenvalue weighted by atomic mass is 19.3. The SMILES string of the molecule is NCC(F)(F)Cc1ncccn1. The first-order valence-electron chi connectivity index (χ1n) is 3.48. The van der Waals surface area contributed by atoms with E-state index in [0.717, 1.165) is 0 Å². The topological polar surface area (TPSA) is 51.8 Å². The Morgan fingerprint density at radius 1 is 1.33 bits per heavy atom. The maximum atomic E-state index is 12.6. The van der Waals surface area contributed by atoms with Crippen LogP contribution in [0.4, 0.5) is 8.78 Å². The molecule has 0 saturated carbocycles. The predicted molar refractivity (Wildman–Crippen MR) is 39.7 cm³/mol. The number of halogens is 2. The zero-order valence-electron chi connectivity index (χ0n) is 6.37. The lowest BCUT2D eigenvalue weighted by atomic mass is 10.2. The molecule has 0 saturated heterocycles. The smallest absolute Gasteiger partial charge is 0.267 e. The third-order valence-corrected chi connectivity index (χ3v) is 1.33. The van der Waals surface area contributed by atoms with Gasteiger partial charge in [0.25, 0.3) is 5.92 Å². The van der Waals surface area contributed by atoms with Crippen LogP contribution in [0, 0.1) is 0 Å². The molecule has 66 valence electrons. The number of aromatic nitrogens is 2. The van der Waals surface area contributed by atoms with E-state index in [1.807, 2.05) is 0 Å². The van der Waals surface area contributed by atoms with Crippen molar-refractivity contribution in [3.05, 3.63) is 24.3 Å². The van der Waals surface area contributed by atoms with E-state index in [1.165, 1.54) is 12.4 Å². The molecular formula is C7H9F2N3. The zero-order valence-corrected chi connectivity index (χ0v) is 6.37. The minimum absolute atomic E-state index is 0.118. The van der Waals surface area contributed by atoms with Crippen molar-refractivity contribution in [2.24, 2.45) is 5.73 Å². The van der Waals surface area contributed by atoms with Gasteiger partial charge in [-0.15, -0.1) is 0 Å². The summed E-state index contributed by atoms with van der Waals surface area (Å²) < 4.78 is 25.3. The van der Waals surface area contributed by atoms with Crippen LogP contribution in [-0.4, -0.2) is 22.4 Å². The third-order valence-electron chi connectivity index (χ3n) is 1.33. The average Bonchev–Trinajstić information content (AvgIpc) is 2.06. The maximum Gasteiger partial charge on any atom is 0.267 e. The first kappa shape index (κ1) is 8.99. The van der Waals surface area contributed by atoms with Gasteiger partial charge in [-0.1, -0.05) is 0 Å². The van der Waals surface area contributed by atoms with Crippen LogP contribution in [0.3, 0.4) is 0 Å². The maximum absolute atomic E-state index is 12.6. The molecule has 0 fully saturated rings. The van der Waals surface area contributed by atoms with Gasteiger partial charge >= 0.3 is 0 Å². The summed E-state index contributed by atoms with van der Waals surface area (Å²) in [5.74, 6) is -2.78. The van der Waals surface area contributed by atoms with Gasteiger partial charge in [-0.05, 0) is 6.07 Å². The van der Waals surface area contributed by atoms with Gasteiger partial charge in [0.15, 0.2) is 0 Å².